The fourth-order valence-electron chi connectivity index (χ4n) is 4.16. The van der Waals surface area contributed by atoms with Crippen LogP contribution in [0.5, 0.6) is 0 Å². The summed E-state index contributed by atoms with van der Waals surface area (Å²) in [6.45, 7) is 2.13. The van der Waals surface area contributed by atoms with E-state index in [1.54, 1.807) is 0 Å². The molecule has 2 aliphatic rings. The zero-order valence-electron chi connectivity index (χ0n) is 13.4. The first-order valence-electron chi connectivity index (χ1n) is 9.21. The predicted octanol–water partition coefficient (Wildman–Crippen LogP) is 5.54. The molecule has 0 aliphatic heterocycles. The first-order valence-corrected chi connectivity index (χ1v) is 9.21. The van der Waals surface area contributed by atoms with Crippen molar-refractivity contribution in [3.63, 3.8) is 0 Å². The molecule has 0 saturated heterocycles. The minimum Gasteiger partial charge on any atom is -0.446 e. The van der Waals surface area contributed by atoms with E-state index in [0.29, 0.717) is 11.7 Å². The van der Waals surface area contributed by atoms with Crippen molar-refractivity contribution in [2.45, 2.75) is 96.2 Å². The molecule has 0 amide bonds. The van der Waals surface area contributed by atoms with Crippen LogP contribution in [-0.2, 0) is 0 Å². The summed E-state index contributed by atoms with van der Waals surface area (Å²) in [6.07, 6.45) is 19.4. The highest BCUT2D eigenvalue weighted by Gasteiger charge is 2.33. The third-order valence-corrected chi connectivity index (χ3v) is 5.45. The predicted molar refractivity (Wildman–Crippen MR) is 89.0 cm³/mol. The van der Waals surface area contributed by atoms with Crippen molar-refractivity contribution in [1.82, 2.24) is 0 Å². The third kappa shape index (κ3) is 4.65. The molecule has 0 heterocycles. The number of unbranched alkanes of at least 4 members (excludes halogenated alkanes) is 2. The summed E-state index contributed by atoms with van der Waals surface area (Å²) in [6, 6.07) is 0. The summed E-state index contributed by atoms with van der Waals surface area (Å²) in [7, 11) is 0. The lowest BCUT2D eigenvalue weighted by atomic mass is 9.44. The lowest BCUT2D eigenvalue weighted by molar-refractivity contribution is 0.395. The molecule has 20 heavy (non-hydrogen) atoms. The van der Waals surface area contributed by atoms with Gasteiger partial charge in [-0.15, -0.1) is 0 Å². The fourth-order valence-corrected chi connectivity index (χ4v) is 4.16. The van der Waals surface area contributed by atoms with Gasteiger partial charge in [0, 0.05) is 0 Å². The van der Waals surface area contributed by atoms with Crippen molar-refractivity contribution < 1.29 is 5.02 Å². The van der Waals surface area contributed by atoms with Crippen molar-refractivity contribution in [3.8, 4) is 0 Å². The molecule has 1 N–H and O–H groups in total. The number of hydrogen-bond donors (Lipinski definition) is 1. The summed E-state index contributed by atoms with van der Waals surface area (Å²) in [5.41, 5.74) is 1.44. The zero-order chi connectivity index (χ0) is 14.2. The number of hydrogen-bond acceptors (Lipinski definition) is 1. The van der Waals surface area contributed by atoms with Crippen LogP contribution in [0.25, 0.3) is 0 Å². The first kappa shape index (κ1) is 16.1. The molecule has 2 aliphatic carbocycles. The van der Waals surface area contributed by atoms with Crippen molar-refractivity contribution in [1.29, 1.82) is 0 Å². The van der Waals surface area contributed by atoms with Gasteiger partial charge in [-0.2, -0.15) is 0 Å². The Labute approximate surface area is 126 Å². The molecule has 0 aromatic rings. The van der Waals surface area contributed by atoms with E-state index in [4.69, 9.17) is 0 Å². The molecule has 1 nitrogen and oxygen atoms in total. The number of allylic oxidation sites excluding steroid dienone is 2. The van der Waals surface area contributed by atoms with Crippen LogP contribution in [0, 0.1) is 5.92 Å². The van der Waals surface area contributed by atoms with Gasteiger partial charge in [-0.25, -0.2) is 0 Å². The van der Waals surface area contributed by atoms with Crippen LogP contribution < -0.4 is 0 Å². The normalized spacial score (nSPS) is 23.0. The molecule has 2 fully saturated rings. The Balaban J connectivity index is 2.01. The maximum absolute atomic E-state index is 10.9. The molecule has 0 aromatic heterocycles. The standard InChI is InChI=1S/C18H33BO/c1-2-3-6-15-18(16-11-7-4-8-12-16)19(20)17-13-9-5-10-14-17/h15-17,20H,2-14H2,1H3/b18-15-. The second-order valence-corrected chi connectivity index (χ2v) is 7.02. The van der Waals surface area contributed by atoms with E-state index in [1.807, 2.05) is 0 Å². The summed E-state index contributed by atoms with van der Waals surface area (Å²) in [4.78, 5) is 0. The molecule has 2 heteroatoms. The Morgan fingerprint density at radius 3 is 2.20 bits per heavy atom. The minimum atomic E-state index is -0.129. The molecule has 0 unspecified atom stereocenters. The van der Waals surface area contributed by atoms with Crippen molar-refractivity contribution in [2.75, 3.05) is 0 Å². The summed E-state index contributed by atoms with van der Waals surface area (Å²) < 4.78 is 0. The minimum absolute atomic E-state index is 0.129. The second kappa shape index (κ2) is 8.92. The molecule has 0 radical (unpaired) electrons. The van der Waals surface area contributed by atoms with Gasteiger partial charge in [0.2, 0.25) is 0 Å². The van der Waals surface area contributed by atoms with E-state index in [1.165, 1.54) is 88.9 Å². The van der Waals surface area contributed by atoms with Gasteiger partial charge in [0.25, 0.3) is 0 Å². The smallest absolute Gasteiger partial charge is 0.322 e. The number of rotatable bonds is 6. The third-order valence-electron chi connectivity index (χ3n) is 5.45. The maximum atomic E-state index is 10.9. The second-order valence-electron chi connectivity index (χ2n) is 7.02. The van der Waals surface area contributed by atoms with E-state index < -0.39 is 0 Å². The highest BCUT2D eigenvalue weighted by molar-refractivity contribution is 6.60. The summed E-state index contributed by atoms with van der Waals surface area (Å²) >= 11 is 0. The molecular weight excluding hydrogens is 243 g/mol. The Bertz CT molecular complexity index is 288. The summed E-state index contributed by atoms with van der Waals surface area (Å²) in [5, 5.41) is 10.9. The Kier molecular flexibility index (Phi) is 7.20. The Morgan fingerprint density at radius 1 is 1.00 bits per heavy atom. The SMILES string of the molecule is CCCC/C=C(\B(O)C1CCCCC1)C1CCCCC1. The van der Waals surface area contributed by atoms with E-state index >= 15 is 0 Å². The van der Waals surface area contributed by atoms with E-state index in [9.17, 15) is 5.02 Å². The molecule has 0 bridgehead atoms. The summed E-state index contributed by atoms with van der Waals surface area (Å²) in [5.74, 6) is 1.25. The van der Waals surface area contributed by atoms with Crippen molar-refractivity contribution in [2.24, 2.45) is 5.92 Å². The van der Waals surface area contributed by atoms with E-state index in [-0.39, 0.29) is 6.92 Å². The average Bonchev–Trinajstić information content (AvgIpc) is 2.53. The topological polar surface area (TPSA) is 20.2 Å². The quantitative estimate of drug-likeness (QED) is 0.498. The van der Waals surface area contributed by atoms with Crippen LogP contribution in [0.15, 0.2) is 11.5 Å². The maximum Gasteiger partial charge on any atom is 0.322 e. The fraction of sp³-hybridized carbons (Fsp3) is 0.889. The van der Waals surface area contributed by atoms with Crippen LogP contribution in [0.1, 0.15) is 90.4 Å². The molecule has 2 saturated carbocycles. The van der Waals surface area contributed by atoms with Crippen LogP contribution in [-0.4, -0.2) is 11.9 Å². The van der Waals surface area contributed by atoms with Crippen molar-refractivity contribution in [3.05, 3.63) is 11.5 Å². The highest BCUT2D eigenvalue weighted by Crippen LogP contribution is 2.38. The van der Waals surface area contributed by atoms with Crippen molar-refractivity contribution >= 4 is 6.92 Å². The van der Waals surface area contributed by atoms with Gasteiger partial charge in [0.05, 0.1) is 0 Å². The molecule has 0 atom stereocenters. The van der Waals surface area contributed by atoms with Crippen LogP contribution in [0.3, 0.4) is 0 Å². The zero-order valence-corrected chi connectivity index (χ0v) is 13.4. The van der Waals surface area contributed by atoms with Gasteiger partial charge in [-0.3, -0.25) is 0 Å². The van der Waals surface area contributed by atoms with E-state index in [0.717, 1.165) is 0 Å². The van der Waals surface area contributed by atoms with Crippen LogP contribution in [0.2, 0.25) is 5.82 Å². The van der Waals surface area contributed by atoms with Crippen LogP contribution in [0.4, 0.5) is 0 Å². The van der Waals surface area contributed by atoms with Gasteiger partial charge < -0.3 is 5.02 Å². The van der Waals surface area contributed by atoms with Gasteiger partial charge in [-0.05, 0) is 31.0 Å². The van der Waals surface area contributed by atoms with Gasteiger partial charge in [0.1, 0.15) is 0 Å². The highest BCUT2D eigenvalue weighted by atomic mass is 16.2. The Hall–Kier alpha value is -0.235. The molecule has 2 rings (SSSR count). The Morgan fingerprint density at radius 2 is 1.60 bits per heavy atom. The monoisotopic (exact) mass is 276 g/mol. The van der Waals surface area contributed by atoms with Gasteiger partial charge >= 0.3 is 6.92 Å². The largest absolute Gasteiger partial charge is 0.446 e. The van der Waals surface area contributed by atoms with E-state index in [2.05, 4.69) is 13.0 Å². The molecule has 0 aromatic carbocycles. The van der Waals surface area contributed by atoms with Gasteiger partial charge in [0.15, 0.2) is 0 Å². The van der Waals surface area contributed by atoms with Crippen LogP contribution >= 0.6 is 0 Å². The molecular formula is C18H33BO. The molecule has 114 valence electrons. The lowest BCUT2D eigenvalue weighted by Gasteiger charge is -2.31. The molecule has 0 spiro atoms. The average molecular weight is 276 g/mol. The lowest BCUT2D eigenvalue weighted by Crippen LogP contribution is -2.30. The first-order chi connectivity index (χ1) is 9.83. The van der Waals surface area contributed by atoms with Gasteiger partial charge in [-0.1, -0.05) is 82.7 Å².